The van der Waals surface area contributed by atoms with E-state index in [4.69, 9.17) is 10.5 Å². The molecule has 0 unspecified atom stereocenters. The van der Waals surface area contributed by atoms with Crippen molar-refractivity contribution in [3.05, 3.63) is 70.5 Å². The summed E-state index contributed by atoms with van der Waals surface area (Å²) in [6.07, 6.45) is 1.53. The topological polar surface area (TPSA) is 112 Å². The zero-order valence-corrected chi connectivity index (χ0v) is 15.7. The van der Waals surface area contributed by atoms with Gasteiger partial charge in [0.1, 0.15) is 12.1 Å². The molecule has 27 heavy (non-hydrogen) atoms. The molecule has 9 heteroatoms. The molecule has 0 aliphatic rings. The summed E-state index contributed by atoms with van der Waals surface area (Å²) in [6.45, 7) is 0.199. The van der Waals surface area contributed by atoms with Crippen molar-refractivity contribution in [1.29, 1.82) is 0 Å². The summed E-state index contributed by atoms with van der Waals surface area (Å²) in [6, 6.07) is 14.4. The van der Waals surface area contributed by atoms with Gasteiger partial charge in [-0.3, -0.25) is 14.9 Å². The van der Waals surface area contributed by atoms with E-state index in [9.17, 15) is 9.59 Å². The third-order valence-corrected chi connectivity index (χ3v) is 3.99. The number of hydrogen-bond acceptors (Lipinski definition) is 5. The number of para-hydroxylation sites is 1. The number of carbonyl (C=O) groups excluding carboxylic acids is 2. The minimum Gasteiger partial charge on any atom is -0.483 e. The molecule has 1 aromatic heterocycles. The van der Waals surface area contributed by atoms with Crippen LogP contribution in [-0.4, -0.2) is 33.2 Å². The van der Waals surface area contributed by atoms with Crippen molar-refractivity contribution in [1.82, 2.24) is 14.8 Å². The van der Waals surface area contributed by atoms with Crippen molar-refractivity contribution in [2.24, 2.45) is 5.73 Å². The number of nitrogens with two attached hydrogens (primary N) is 1. The van der Waals surface area contributed by atoms with Crippen LogP contribution < -0.4 is 15.8 Å². The zero-order valence-electron chi connectivity index (χ0n) is 14.1. The number of halogens is 1. The number of aromatic nitrogens is 3. The molecular formula is C18H16BrN5O3. The van der Waals surface area contributed by atoms with Crippen molar-refractivity contribution < 1.29 is 14.3 Å². The van der Waals surface area contributed by atoms with E-state index in [-0.39, 0.29) is 23.9 Å². The Morgan fingerprint density at radius 3 is 2.78 bits per heavy atom. The monoisotopic (exact) mass is 429 g/mol. The fourth-order valence-corrected chi connectivity index (χ4v) is 2.79. The standard InChI is InChI=1S/C18H16BrN5O3/c19-13-5-3-4-12(8-13)9-24-11-21-18(23-24)22-17(26)14-6-1-2-7-15(14)27-10-16(20)25/h1-8,11H,9-10H2,(H2,20,25)(H,22,23,26). The lowest BCUT2D eigenvalue weighted by atomic mass is 10.2. The Hall–Kier alpha value is -3.20. The highest BCUT2D eigenvalue weighted by Gasteiger charge is 2.15. The summed E-state index contributed by atoms with van der Waals surface area (Å²) in [4.78, 5) is 27.5. The third-order valence-electron chi connectivity index (χ3n) is 3.50. The highest BCUT2D eigenvalue weighted by atomic mass is 79.9. The van der Waals surface area contributed by atoms with Gasteiger partial charge in [-0.25, -0.2) is 9.67 Å². The summed E-state index contributed by atoms with van der Waals surface area (Å²) in [5, 5.41) is 6.86. The van der Waals surface area contributed by atoms with E-state index in [1.807, 2.05) is 24.3 Å². The van der Waals surface area contributed by atoms with Gasteiger partial charge < -0.3 is 10.5 Å². The maximum Gasteiger partial charge on any atom is 0.261 e. The first-order valence-electron chi connectivity index (χ1n) is 7.96. The van der Waals surface area contributed by atoms with Crippen LogP contribution in [0.1, 0.15) is 15.9 Å². The van der Waals surface area contributed by atoms with Crippen molar-refractivity contribution in [3.63, 3.8) is 0 Å². The molecule has 2 amide bonds. The van der Waals surface area contributed by atoms with Gasteiger partial charge in [0.25, 0.3) is 11.8 Å². The largest absolute Gasteiger partial charge is 0.483 e. The van der Waals surface area contributed by atoms with Gasteiger partial charge in [-0.1, -0.05) is 40.2 Å². The number of rotatable bonds is 7. The van der Waals surface area contributed by atoms with Gasteiger partial charge in [-0.05, 0) is 29.8 Å². The smallest absolute Gasteiger partial charge is 0.261 e. The average Bonchev–Trinajstić information content (AvgIpc) is 3.07. The van der Waals surface area contributed by atoms with Crippen LogP contribution in [0, 0.1) is 0 Å². The Kier molecular flexibility index (Phi) is 5.82. The van der Waals surface area contributed by atoms with E-state index >= 15 is 0 Å². The Labute approximate surface area is 163 Å². The van der Waals surface area contributed by atoms with E-state index in [0.29, 0.717) is 6.54 Å². The van der Waals surface area contributed by atoms with E-state index < -0.39 is 11.8 Å². The SMILES string of the molecule is NC(=O)COc1ccccc1C(=O)Nc1ncn(Cc2cccc(Br)c2)n1. The molecule has 0 atom stereocenters. The molecule has 0 saturated carbocycles. The lowest BCUT2D eigenvalue weighted by molar-refractivity contribution is -0.119. The zero-order chi connectivity index (χ0) is 19.2. The van der Waals surface area contributed by atoms with Crippen LogP contribution in [0.3, 0.4) is 0 Å². The molecular weight excluding hydrogens is 414 g/mol. The summed E-state index contributed by atoms with van der Waals surface area (Å²) >= 11 is 3.42. The van der Waals surface area contributed by atoms with E-state index in [1.54, 1.807) is 28.9 Å². The van der Waals surface area contributed by atoms with Gasteiger partial charge in [-0.15, -0.1) is 5.10 Å². The third kappa shape index (κ3) is 5.14. The molecule has 0 radical (unpaired) electrons. The Morgan fingerprint density at radius 1 is 1.19 bits per heavy atom. The second kappa shape index (κ2) is 8.45. The maximum atomic E-state index is 12.5. The van der Waals surface area contributed by atoms with E-state index in [0.717, 1.165) is 10.0 Å². The minimum absolute atomic E-state index is 0.166. The van der Waals surface area contributed by atoms with Gasteiger partial charge in [-0.2, -0.15) is 0 Å². The molecule has 1 heterocycles. The van der Waals surface area contributed by atoms with Crippen LogP contribution in [0.5, 0.6) is 5.75 Å². The highest BCUT2D eigenvalue weighted by molar-refractivity contribution is 9.10. The van der Waals surface area contributed by atoms with Crippen molar-refractivity contribution >= 4 is 33.7 Å². The van der Waals surface area contributed by atoms with Gasteiger partial charge in [0.05, 0.1) is 12.1 Å². The molecule has 2 aromatic carbocycles. The first-order chi connectivity index (χ1) is 13.0. The number of anilines is 1. The molecule has 0 spiro atoms. The second-order valence-corrected chi connectivity index (χ2v) is 6.52. The average molecular weight is 430 g/mol. The van der Waals surface area contributed by atoms with Crippen LogP contribution in [0.15, 0.2) is 59.3 Å². The number of ether oxygens (including phenoxy) is 1. The lowest BCUT2D eigenvalue weighted by Crippen LogP contribution is -2.21. The fraction of sp³-hybridized carbons (Fsp3) is 0.111. The van der Waals surface area contributed by atoms with Crippen LogP contribution >= 0.6 is 15.9 Å². The van der Waals surface area contributed by atoms with Crippen molar-refractivity contribution in [3.8, 4) is 5.75 Å². The Bertz CT molecular complexity index is 973. The quantitative estimate of drug-likeness (QED) is 0.597. The van der Waals surface area contributed by atoms with Crippen LogP contribution in [-0.2, 0) is 11.3 Å². The number of carbonyl (C=O) groups is 2. The molecule has 3 rings (SSSR count). The highest BCUT2D eigenvalue weighted by Crippen LogP contribution is 2.19. The van der Waals surface area contributed by atoms with E-state index in [1.165, 1.54) is 6.33 Å². The number of amides is 2. The van der Waals surface area contributed by atoms with Gasteiger partial charge in [0.2, 0.25) is 5.95 Å². The fourth-order valence-electron chi connectivity index (χ4n) is 2.35. The lowest BCUT2D eigenvalue weighted by Gasteiger charge is -2.09. The van der Waals surface area contributed by atoms with Gasteiger partial charge >= 0.3 is 0 Å². The molecule has 0 fully saturated rings. The number of benzene rings is 2. The van der Waals surface area contributed by atoms with Crippen LogP contribution in [0.25, 0.3) is 0 Å². The summed E-state index contributed by atoms with van der Waals surface area (Å²) < 4.78 is 7.86. The number of primary amides is 1. The van der Waals surface area contributed by atoms with Gasteiger partial charge in [0.15, 0.2) is 6.61 Å². The van der Waals surface area contributed by atoms with Crippen LogP contribution in [0.2, 0.25) is 0 Å². The first-order valence-corrected chi connectivity index (χ1v) is 8.76. The molecule has 3 aromatic rings. The van der Waals surface area contributed by atoms with Crippen molar-refractivity contribution in [2.75, 3.05) is 11.9 Å². The number of nitrogens with zero attached hydrogens (tertiary/aromatic N) is 3. The van der Waals surface area contributed by atoms with Crippen LogP contribution in [0.4, 0.5) is 5.95 Å². The molecule has 0 bridgehead atoms. The summed E-state index contributed by atoms with van der Waals surface area (Å²) in [7, 11) is 0. The predicted octanol–water partition coefficient (Wildman–Crippen LogP) is 2.21. The van der Waals surface area contributed by atoms with Gasteiger partial charge in [0, 0.05) is 4.47 Å². The maximum absolute atomic E-state index is 12.5. The Morgan fingerprint density at radius 2 is 2.00 bits per heavy atom. The summed E-state index contributed by atoms with van der Waals surface area (Å²) in [5.41, 5.74) is 6.37. The second-order valence-electron chi connectivity index (χ2n) is 5.60. The van der Waals surface area contributed by atoms with Crippen molar-refractivity contribution in [2.45, 2.75) is 6.54 Å². The molecule has 3 N–H and O–H groups in total. The number of hydrogen-bond donors (Lipinski definition) is 2. The summed E-state index contributed by atoms with van der Waals surface area (Å²) in [5.74, 6) is -0.657. The molecule has 138 valence electrons. The molecule has 0 saturated heterocycles. The Balaban J connectivity index is 1.68. The normalized spacial score (nSPS) is 10.4. The first kappa shape index (κ1) is 18.6. The molecule has 0 aliphatic heterocycles. The number of nitrogens with one attached hydrogen (secondary N) is 1. The molecule has 0 aliphatic carbocycles. The molecule has 8 nitrogen and oxygen atoms in total. The van der Waals surface area contributed by atoms with E-state index in [2.05, 4.69) is 31.3 Å². The minimum atomic E-state index is -0.627. The predicted molar refractivity (Wildman–Crippen MR) is 102 cm³/mol.